The Morgan fingerprint density at radius 1 is 1.22 bits per heavy atom. The summed E-state index contributed by atoms with van der Waals surface area (Å²) in [5.74, 6) is 0. The first-order valence-corrected chi connectivity index (χ1v) is 8.09. The van der Waals surface area contributed by atoms with Gasteiger partial charge in [-0.3, -0.25) is 14.9 Å². The maximum atomic E-state index is 12.6. The van der Waals surface area contributed by atoms with Gasteiger partial charge in [-0.15, -0.1) is 0 Å². The molecule has 0 bridgehead atoms. The molecule has 2 aromatic carbocycles. The highest BCUT2D eigenvalue weighted by Crippen LogP contribution is 2.24. The number of hydrogen-bond donors (Lipinski definition) is 1. The van der Waals surface area contributed by atoms with E-state index in [-0.39, 0.29) is 5.56 Å². The minimum absolute atomic E-state index is 0.166. The van der Waals surface area contributed by atoms with Crippen molar-refractivity contribution in [2.45, 2.75) is 6.92 Å². The average Bonchev–Trinajstić information content (AvgIpc) is 2.81. The van der Waals surface area contributed by atoms with Crippen molar-refractivity contribution < 1.29 is 0 Å². The smallest absolute Gasteiger partial charge is 0.280 e. The largest absolute Gasteiger partial charge is 0.295 e. The molecule has 0 unspecified atom stereocenters. The fourth-order valence-electron chi connectivity index (χ4n) is 2.20. The zero-order valence-electron chi connectivity index (χ0n) is 12.3. The zero-order valence-corrected chi connectivity index (χ0v) is 14.6. The zero-order chi connectivity index (χ0) is 16.4. The van der Waals surface area contributed by atoms with Crippen LogP contribution < -0.4 is 5.56 Å². The predicted molar refractivity (Wildman–Crippen MR) is 97.5 cm³/mol. The van der Waals surface area contributed by atoms with E-state index >= 15 is 0 Å². The van der Waals surface area contributed by atoms with Gasteiger partial charge in [0.2, 0.25) is 0 Å². The van der Waals surface area contributed by atoms with Crippen LogP contribution in [0, 0.1) is 6.92 Å². The van der Waals surface area contributed by atoms with Gasteiger partial charge in [0.15, 0.2) is 0 Å². The molecule has 0 radical (unpaired) electrons. The normalized spacial score (nSPS) is 11.3. The van der Waals surface area contributed by atoms with Crippen molar-refractivity contribution >= 4 is 39.4 Å². The number of hydrogen-bond acceptors (Lipinski definition) is 2. The van der Waals surface area contributed by atoms with Crippen molar-refractivity contribution in [3.63, 3.8) is 0 Å². The van der Waals surface area contributed by atoms with Crippen molar-refractivity contribution in [1.29, 1.82) is 0 Å². The molecule has 0 atom stereocenters. The number of nitrogens with one attached hydrogen (secondary N) is 1. The van der Waals surface area contributed by atoms with E-state index in [0.29, 0.717) is 16.3 Å². The molecule has 1 N–H and O–H groups in total. The van der Waals surface area contributed by atoms with Crippen molar-refractivity contribution in [3.05, 3.63) is 79.6 Å². The van der Waals surface area contributed by atoms with Crippen LogP contribution in [0.5, 0.6) is 0 Å². The molecule has 0 fully saturated rings. The van der Waals surface area contributed by atoms with Crippen molar-refractivity contribution in [2.24, 2.45) is 4.99 Å². The molecule has 1 aromatic heterocycles. The Bertz CT molecular complexity index is 943. The van der Waals surface area contributed by atoms with Crippen LogP contribution in [0.2, 0.25) is 5.02 Å². The molecule has 3 aromatic rings. The summed E-state index contributed by atoms with van der Waals surface area (Å²) in [5, 5.41) is 3.62. The topological polar surface area (TPSA) is 50.1 Å². The van der Waals surface area contributed by atoms with Crippen molar-refractivity contribution in [3.8, 4) is 5.69 Å². The van der Waals surface area contributed by atoms with Gasteiger partial charge in [-0.1, -0.05) is 29.8 Å². The van der Waals surface area contributed by atoms with Gasteiger partial charge in [0.25, 0.3) is 5.56 Å². The summed E-state index contributed by atoms with van der Waals surface area (Å²) < 4.78 is 2.34. The molecule has 0 aliphatic heterocycles. The number of para-hydroxylation sites is 1. The molecular formula is C17H13BrClN3O. The number of aromatic amines is 1. The third-order valence-electron chi connectivity index (χ3n) is 3.37. The van der Waals surface area contributed by atoms with Crippen LogP contribution in [-0.4, -0.2) is 16.0 Å². The number of rotatable bonds is 3. The third-order valence-corrected chi connectivity index (χ3v) is 4.27. The first kappa shape index (κ1) is 15.8. The van der Waals surface area contributed by atoms with E-state index in [9.17, 15) is 4.79 Å². The monoisotopic (exact) mass is 389 g/mol. The summed E-state index contributed by atoms with van der Waals surface area (Å²) in [6.45, 7) is 1.84. The number of benzene rings is 2. The highest BCUT2D eigenvalue weighted by atomic mass is 79.9. The standard InChI is InChI=1S/C17H13BrClN3O/c1-11-14(10-20-16-8-3-2-7-15(16)18)17(23)22(21-11)13-6-4-5-12(19)9-13/h2-10,21H,1H3. The van der Waals surface area contributed by atoms with Gasteiger partial charge in [0, 0.05) is 21.4 Å². The number of halogens is 2. The number of H-pyrrole nitrogens is 1. The fourth-order valence-corrected chi connectivity index (χ4v) is 2.77. The highest BCUT2D eigenvalue weighted by Gasteiger charge is 2.11. The van der Waals surface area contributed by atoms with E-state index in [0.717, 1.165) is 15.9 Å². The van der Waals surface area contributed by atoms with E-state index in [1.165, 1.54) is 4.68 Å². The van der Waals surface area contributed by atoms with Crippen molar-refractivity contribution in [1.82, 2.24) is 9.78 Å². The first-order valence-electron chi connectivity index (χ1n) is 6.92. The Balaban J connectivity index is 2.02. The molecule has 3 rings (SSSR count). The Morgan fingerprint density at radius 3 is 2.74 bits per heavy atom. The molecular weight excluding hydrogens is 378 g/mol. The van der Waals surface area contributed by atoms with E-state index in [1.54, 1.807) is 24.4 Å². The summed E-state index contributed by atoms with van der Waals surface area (Å²) in [5.41, 5.74) is 2.54. The molecule has 0 saturated carbocycles. The molecule has 116 valence electrons. The third kappa shape index (κ3) is 3.30. The summed E-state index contributed by atoms with van der Waals surface area (Å²) in [7, 11) is 0. The first-order chi connectivity index (χ1) is 11.1. The van der Waals surface area contributed by atoms with E-state index in [2.05, 4.69) is 26.0 Å². The van der Waals surface area contributed by atoms with E-state index in [1.807, 2.05) is 37.3 Å². The molecule has 4 nitrogen and oxygen atoms in total. The number of aromatic nitrogens is 2. The number of aryl methyl sites for hydroxylation is 1. The molecule has 0 aliphatic rings. The minimum atomic E-state index is -0.166. The Kier molecular flexibility index (Phi) is 4.50. The summed E-state index contributed by atoms with van der Waals surface area (Å²) in [6, 6.07) is 14.7. The molecule has 6 heteroatoms. The van der Waals surface area contributed by atoms with Gasteiger partial charge in [-0.05, 0) is 53.2 Å². The van der Waals surface area contributed by atoms with Crippen LogP contribution in [0.15, 0.2) is 62.8 Å². The molecule has 0 amide bonds. The molecule has 0 aliphatic carbocycles. The lowest BCUT2D eigenvalue weighted by Gasteiger charge is -2.01. The molecule has 0 spiro atoms. The van der Waals surface area contributed by atoms with Gasteiger partial charge < -0.3 is 0 Å². The van der Waals surface area contributed by atoms with Gasteiger partial charge in [0.05, 0.1) is 16.9 Å². The number of aliphatic imine (C=N–C) groups is 1. The second-order valence-electron chi connectivity index (χ2n) is 4.98. The van der Waals surface area contributed by atoms with Crippen LogP contribution in [0.25, 0.3) is 5.69 Å². The summed E-state index contributed by atoms with van der Waals surface area (Å²) in [6.07, 6.45) is 1.58. The molecule has 0 saturated heterocycles. The van der Waals surface area contributed by atoms with E-state index in [4.69, 9.17) is 11.6 Å². The Morgan fingerprint density at radius 2 is 2.00 bits per heavy atom. The van der Waals surface area contributed by atoms with Crippen LogP contribution in [0.1, 0.15) is 11.3 Å². The van der Waals surface area contributed by atoms with Crippen LogP contribution in [0.4, 0.5) is 5.69 Å². The fraction of sp³-hybridized carbons (Fsp3) is 0.0588. The second-order valence-corrected chi connectivity index (χ2v) is 6.27. The quantitative estimate of drug-likeness (QED) is 0.651. The molecule has 23 heavy (non-hydrogen) atoms. The van der Waals surface area contributed by atoms with E-state index < -0.39 is 0 Å². The van der Waals surface area contributed by atoms with Gasteiger partial charge in [-0.25, -0.2) is 4.68 Å². The Labute approximate surface area is 146 Å². The van der Waals surface area contributed by atoms with Crippen LogP contribution in [0.3, 0.4) is 0 Å². The maximum absolute atomic E-state index is 12.6. The average molecular weight is 391 g/mol. The Hall–Kier alpha value is -2.11. The lowest BCUT2D eigenvalue weighted by Crippen LogP contribution is -2.17. The van der Waals surface area contributed by atoms with Gasteiger partial charge in [0.1, 0.15) is 0 Å². The van der Waals surface area contributed by atoms with Crippen LogP contribution in [-0.2, 0) is 0 Å². The number of nitrogens with zero attached hydrogens (tertiary/aromatic N) is 2. The molecule has 1 heterocycles. The van der Waals surface area contributed by atoms with Crippen molar-refractivity contribution in [2.75, 3.05) is 0 Å². The second kappa shape index (κ2) is 6.56. The summed E-state index contributed by atoms with van der Waals surface area (Å²) in [4.78, 5) is 17.0. The summed E-state index contributed by atoms with van der Waals surface area (Å²) >= 11 is 9.43. The predicted octanol–water partition coefficient (Wildman–Crippen LogP) is 4.64. The maximum Gasteiger partial charge on any atom is 0.280 e. The van der Waals surface area contributed by atoms with Gasteiger partial charge >= 0.3 is 0 Å². The van der Waals surface area contributed by atoms with Crippen LogP contribution >= 0.6 is 27.5 Å². The van der Waals surface area contributed by atoms with Gasteiger partial charge in [-0.2, -0.15) is 0 Å². The lowest BCUT2D eigenvalue weighted by molar-refractivity contribution is 0.835. The lowest BCUT2D eigenvalue weighted by atomic mass is 10.2. The SMILES string of the molecule is Cc1[nH]n(-c2cccc(Cl)c2)c(=O)c1C=Nc1ccccc1Br. The minimum Gasteiger partial charge on any atom is -0.295 e. The highest BCUT2D eigenvalue weighted by molar-refractivity contribution is 9.10.